The molecule has 0 aromatic heterocycles. The van der Waals surface area contributed by atoms with Gasteiger partial charge in [-0.1, -0.05) is 19.6 Å². The summed E-state index contributed by atoms with van der Waals surface area (Å²) in [5, 5.41) is 19.9. The second kappa shape index (κ2) is 5.57. The number of hydrogen-bond acceptors (Lipinski definition) is 4. The van der Waals surface area contributed by atoms with E-state index in [0.717, 1.165) is 32.1 Å². The van der Waals surface area contributed by atoms with Crippen LogP contribution in [0.2, 0.25) is 0 Å². The normalized spacial score (nSPS) is 16.9. The zero-order valence-electron chi connectivity index (χ0n) is 11.7. The van der Waals surface area contributed by atoms with Gasteiger partial charge in [-0.3, -0.25) is 0 Å². The second-order valence-electron chi connectivity index (χ2n) is 5.23. The number of ether oxygens (including phenoxy) is 1. The van der Waals surface area contributed by atoms with Gasteiger partial charge in [-0.2, -0.15) is 0 Å². The lowest BCUT2D eigenvalue weighted by Gasteiger charge is -2.28. The molecule has 0 saturated heterocycles. The van der Waals surface area contributed by atoms with E-state index in [2.05, 4.69) is 6.58 Å². The van der Waals surface area contributed by atoms with Crippen LogP contribution < -0.4 is 0 Å². The number of esters is 1. The van der Waals surface area contributed by atoms with Gasteiger partial charge in [-0.25, -0.2) is 4.79 Å². The Bertz CT molecular complexity index is 528. The van der Waals surface area contributed by atoms with Crippen molar-refractivity contribution < 1.29 is 19.7 Å². The number of benzene rings is 1. The van der Waals surface area contributed by atoms with E-state index in [9.17, 15) is 15.0 Å². The highest BCUT2D eigenvalue weighted by atomic mass is 16.6. The third-order valence-electron chi connectivity index (χ3n) is 4.08. The lowest BCUT2D eigenvalue weighted by Crippen LogP contribution is -2.31. The fourth-order valence-corrected chi connectivity index (χ4v) is 2.76. The van der Waals surface area contributed by atoms with Gasteiger partial charge in [0.15, 0.2) is 0 Å². The second-order valence-corrected chi connectivity index (χ2v) is 5.23. The number of carbonyl (C=O) groups is 1. The fraction of sp³-hybridized carbons (Fsp3) is 0.438. The minimum Gasteiger partial charge on any atom is -0.507 e. The van der Waals surface area contributed by atoms with Crippen LogP contribution in [-0.2, 0) is 4.74 Å². The van der Waals surface area contributed by atoms with Gasteiger partial charge in [-0.05, 0) is 44.2 Å². The Labute approximate surface area is 118 Å². The molecule has 20 heavy (non-hydrogen) atoms. The Kier molecular flexibility index (Phi) is 4.02. The summed E-state index contributed by atoms with van der Waals surface area (Å²) >= 11 is 0. The summed E-state index contributed by atoms with van der Waals surface area (Å²) in [7, 11) is 0. The van der Waals surface area contributed by atoms with Crippen molar-refractivity contribution in [3.63, 3.8) is 0 Å². The maximum absolute atomic E-state index is 12.3. The smallest absolute Gasteiger partial charge is 0.346 e. The summed E-state index contributed by atoms with van der Waals surface area (Å²) < 4.78 is 5.60. The molecule has 108 valence electrons. The number of phenols is 2. The van der Waals surface area contributed by atoms with Crippen molar-refractivity contribution in [2.24, 2.45) is 0 Å². The predicted octanol–water partition coefficient (Wildman–Crippen LogP) is 3.62. The average Bonchev–Trinajstić information content (AvgIpc) is 2.88. The molecule has 0 amide bonds. The Morgan fingerprint density at radius 1 is 1.40 bits per heavy atom. The molecule has 1 fully saturated rings. The first-order valence-corrected chi connectivity index (χ1v) is 6.93. The predicted molar refractivity (Wildman–Crippen MR) is 76.8 cm³/mol. The van der Waals surface area contributed by atoms with Crippen LogP contribution in [0.5, 0.6) is 11.5 Å². The molecule has 0 spiro atoms. The first kappa shape index (κ1) is 14.4. The van der Waals surface area contributed by atoms with Gasteiger partial charge < -0.3 is 14.9 Å². The van der Waals surface area contributed by atoms with E-state index in [1.807, 2.05) is 6.92 Å². The Balaban J connectivity index is 2.32. The molecular weight excluding hydrogens is 256 g/mol. The lowest BCUT2D eigenvalue weighted by atomic mass is 9.98. The van der Waals surface area contributed by atoms with E-state index in [-0.39, 0.29) is 17.1 Å². The molecule has 0 unspecified atom stereocenters. The summed E-state index contributed by atoms with van der Waals surface area (Å²) in [6.45, 7) is 5.55. The number of carbonyl (C=O) groups excluding carboxylic acids is 1. The molecule has 4 heteroatoms. The molecule has 2 N–H and O–H groups in total. The molecular formula is C16H20O4. The maximum atomic E-state index is 12.3. The molecule has 0 heterocycles. The first-order valence-electron chi connectivity index (χ1n) is 6.93. The Morgan fingerprint density at radius 3 is 2.60 bits per heavy atom. The molecule has 1 aliphatic carbocycles. The molecule has 4 nitrogen and oxygen atoms in total. The van der Waals surface area contributed by atoms with E-state index in [1.54, 1.807) is 0 Å². The quantitative estimate of drug-likeness (QED) is 0.824. The van der Waals surface area contributed by atoms with Gasteiger partial charge in [-0.15, -0.1) is 0 Å². The third-order valence-corrected chi connectivity index (χ3v) is 4.08. The summed E-state index contributed by atoms with van der Waals surface area (Å²) in [4.78, 5) is 12.3. The van der Waals surface area contributed by atoms with Crippen LogP contribution in [0, 0.1) is 0 Å². The zero-order chi connectivity index (χ0) is 14.8. The van der Waals surface area contributed by atoms with Crippen LogP contribution in [-0.4, -0.2) is 21.8 Å². The molecule has 0 atom stereocenters. The van der Waals surface area contributed by atoms with Crippen molar-refractivity contribution in [3.8, 4) is 11.5 Å². The van der Waals surface area contributed by atoms with Crippen molar-refractivity contribution in [2.45, 2.75) is 44.6 Å². The molecule has 1 aliphatic rings. The largest absolute Gasteiger partial charge is 0.507 e. The zero-order valence-corrected chi connectivity index (χ0v) is 11.7. The van der Waals surface area contributed by atoms with E-state index in [1.165, 1.54) is 18.2 Å². The van der Waals surface area contributed by atoms with Crippen molar-refractivity contribution in [1.82, 2.24) is 0 Å². The van der Waals surface area contributed by atoms with Gasteiger partial charge in [0.1, 0.15) is 22.7 Å². The van der Waals surface area contributed by atoms with E-state index in [0.29, 0.717) is 5.56 Å². The number of phenolic OH excluding ortho intramolecular Hbond substituents is 2. The lowest BCUT2D eigenvalue weighted by molar-refractivity contribution is -0.0176. The van der Waals surface area contributed by atoms with Crippen molar-refractivity contribution in [3.05, 3.63) is 29.8 Å². The molecule has 0 radical (unpaired) electrons. The van der Waals surface area contributed by atoms with Gasteiger partial charge in [0.2, 0.25) is 0 Å². The molecule has 1 aromatic carbocycles. The highest BCUT2D eigenvalue weighted by molar-refractivity contribution is 5.97. The minimum absolute atomic E-state index is 0.179. The van der Waals surface area contributed by atoms with Gasteiger partial charge in [0.05, 0.1) is 0 Å². The maximum Gasteiger partial charge on any atom is 0.346 e. The van der Waals surface area contributed by atoms with E-state index in [4.69, 9.17) is 4.74 Å². The number of hydrogen-bond donors (Lipinski definition) is 2. The molecule has 0 bridgehead atoms. The van der Waals surface area contributed by atoms with Gasteiger partial charge >= 0.3 is 5.97 Å². The highest BCUT2D eigenvalue weighted by Gasteiger charge is 2.37. The van der Waals surface area contributed by atoms with E-state index < -0.39 is 11.6 Å². The summed E-state index contributed by atoms with van der Waals surface area (Å²) in [5.74, 6) is -1.23. The topological polar surface area (TPSA) is 66.8 Å². The summed E-state index contributed by atoms with van der Waals surface area (Å²) in [6.07, 6.45) is 5.89. The van der Waals surface area contributed by atoms with Crippen LogP contribution in [0.1, 0.15) is 54.9 Å². The minimum atomic E-state index is -0.674. The van der Waals surface area contributed by atoms with E-state index >= 15 is 0 Å². The van der Waals surface area contributed by atoms with Crippen molar-refractivity contribution in [2.75, 3.05) is 0 Å². The van der Waals surface area contributed by atoms with Crippen molar-refractivity contribution in [1.29, 1.82) is 0 Å². The van der Waals surface area contributed by atoms with Crippen LogP contribution in [0.25, 0.3) is 6.08 Å². The number of rotatable bonds is 4. The standard InChI is InChI=1S/C16H20O4/c1-3-11-7-8-12(17)13(14(11)18)15(19)20-16(4-2)9-5-6-10-16/h3,7-8,17-18H,1,4-6,9-10H2,2H3. The summed E-state index contributed by atoms with van der Waals surface area (Å²) in [5.41, 5.74) is -0.242. The monoisotopic (exact) mass is 276 g/mol. The van der Waals surface area contributed by atoms with Crippen molar-refractivity contribution >= 4 is 12.0 Å². The van der Waals surface area contributed by atoms with Gasteiger partial charge in [0, 0.05) is 5.56 Å². The Hall–Kier alpha value is -1.97. The van der Waals surface area contributed by atoms with Gasteiger partial charge in [0.25, 0.3) is 0 Å². The first-order chi connectivity index (χ1) is 9.53. The SMILES string of the molecule is C=Cc1ccc(O)c(C(=O)OC2(CC)CCCC2)c1O. The molecule has 1 saturated carbocycles. The molecule has 1 aromatic rings. The van der Waals surface area contributed by atoms with Crippen LogP contribution in [0.15, 0.2) is 18.7 Å². The average molecular weight is 276 g/mol. The fourth-order valence-electron chi connectivity index (χ4n) is 2.76. The molecule has 2 rings (SSSR count). The van der Waals surface area contributed by atoms with Crippen LogP contribution in [0.4, 0.5) is 0 Å². The van der Waals surface area contributed by atoms with Crippen LogP contribution in [0.3, 0.4) is 0 Å². The third kappa shape index (κ3) is 2.50. The highest BCUT2D eigenvalue weighted by Crippen LogP contribution is 2.39. The Morgan fingerprint density at radius 2 is 2.05 bits per heavy atom. The summed E-state index contributed by atoms with van der Waals surface area (Å²) in [6, 6.07) is 2.86. The van der Waals surface area contributed by atoms with Crippen LogP contribution >= 0.6 is 0 Å². The molecule has 0 aliphatic heterocycles. The number of aromatic hydroxyl groups is 2.